The molecule has 1 unspecified atom stereocenters. The molecule has 0 aliphatic heterocycles. The zero-order chi connectivity index (χ0) is 37.7. The van der Waals surface area contributed by atoms with Gasteiger partial charge in [-0.2, -0.15) is 9.97 Å². The minimum atomic E-state index is -1.10. The molecular formula is C36H42N8O9. The number of nitrogens with one attached hydrogen (secondary N) is 2. The summed E-state index contributed by atoms with van der Waals surface area (Å²) in [5.74, 6) is -1.05. The van der Waals surface area contributed by atoms with Crippen LogP contribution in [-0.2, 0) is 35.9 Å². The van der Waals surface area contributed by atoms with E-state index in [9.17, 15) is 14.7 Å². The van der Waals surface area contributed by atoms with Crippen molar-refractivity contribution in [1.82, 2.24) is 40.5 Å². The molecule has 17 heteroatoms. The van der Waals surface area contributed by atoms with E-state index in [0.717, 1.165) is 11.1 Å². The second-order valence-corrected chi connectivity index (χ2v) is 11.4. The van der Waals surface area contributed by atoms with Crippen LogP contribution in [0.15, 0.2) is 86.5 Å². The van der Waals surface area contributed by atoms with Gasteiger partial charge in [-0.3, -0.25) is 9.59 Å². The van der Waals surface area contributed by atoms with Gasteiger partial charge in [0.05, 0.1) is 12.5 Å². The van der Waals surface area contributed by atoms with E-state index < -0.39 is 30.8 Å². The number of aliphatic carboxylic acids is 2. The highest BCUT2D eigenvalue weighted by atomic mass is 16.7. The topological polar surface area (TPSA) is 233 Å². The second kappa shape index (κ2) is 22.0. The number of aliphatic hydroxyl groups excluding tert-OH is 1. The van der Waals surface area contributed by atoms with E-state index in [4.69, 9.17) is 29.2 Å². The van der Waals surface area contributed by atoms with Gasteiger partial charge in [-0.05, 0) is 25.1 Å². The molecule has 280 valence electrons. The monoisotopic (exact) mass is 730 g/mol. The van der Waals surface area contributed by atoms with E-state index in [-0.39, 0.29) is 56.8 Å². The summed E-state index contributed by atoms with van der Waals surface area (Å²) in [5, 5.41) is 34.1. The van der Waals surface area contributed by atoms with Gasteiger partial charge in [-0.25, -0.2) is 19.9 Å². The number of carboxylic acids is 2. The Morgan fingerprint density at radius 1 is 0.792 bits per heavy atom. The lowest BCUT2D eigenvalue weighted by molar-refractivity contribution is -0.139. The lowest BCUT2D eigenvalue weighted by Crippen LogP contribution is -2.28. The van der Waals surface area contributed by atoms with Crippen molar-refractivity contribution >= 4 is 11.9 Å². The van der Waals surface area contributed by atoms with Gasteiger partial charge in [0.1, 0.15) is 25.9 Å². The largest absolute Gasteiger partial charge is 0.481 e. The van der Waals surface area contributed by atoms with Crippen LogP contribution in [0.2, 0.25) is 0 Å². The molecule has 0 radical (unpaired) electrons. The molecule has 0 fully saturated rings. The number of allylic oxidation sites excluding steroid dienone is 2. The number of carbonyl (C=O) groups is 2. The van der Waals surface area contributed by atoms with Crippen LogP contribution in [0.25, 0.3) is 0 Å². The van der Waals surface area contributed by atoms with Crippen molar-refractivity contribution in [2.24, 2.45) is 0 Å². The maximum Gasteiger partial charge on any atom is 0.306 e. The van der Waals surface area contributed by atoms with Gasteiger partial charge in [0.25, 0.3) is 0 Å². The third-order valence-corrected chi connectivity index (χ3v) is 7.08. The zero-order valence-corrected chi connectivity index (χ0v) is 28.9. The number of hydrogen-bond donors (Lipinski definition) is 5. The zero-order valence-electron chi connectivity index (χ0n) is 28.9. The Morgan fingerprint density at radius 2 is 1.34 bits per heavy atom. The molecule has 4 aromatic rings. The van der Waals surface area contributed by atoms with Crippen molar-refractivity contribution < 1.29 is 43.9 Å². The highest BCUT2D eigenvalue weighted by Gasteiger charge is 2.18. The third-order valence-electron chi connectivity index (χ3n) is 7.08. The van der Waals surface area contributed by atoms with Gasteiger partial charge < -0.3 is 44.9 Å². The number of rotatable bonds is 25. The van der Waals surface area contributed by atoms with Crippen LogP contribution in [0.5, 0.6) is 23.5 Å². The maximum absolute atomic E-state index is 10.9. The molecule has 0 amide bonds. The first kappa shape index (κ1) is 39.7. The smallest absolute Gasteiger partial charge is 0.306 e. The van der Waals surface area contributed by atoms with Crippen molar-refractivity contribution in [3.05, 3.63) is 109 Å². The lowest BCUT2D eigenvalue weighted by Gasteiger charge is -2.20. The molecule has 4 heterocycles. The molecule has 0 bridgehead atoms. The summed E-state index contributed by atoms with van der Waals surface area (Å²) < 4.78 is 24.5. The van der Waals surface area contributed by atoms with Crippen LogP contribution < -0.4 is 29.6 Å². The SMILES string of the molecule is C=C/C=C\CC(Oc1ccc(CNCCCC(=O)O)c(OCc2cncnc2)n1)Oc1ccc(CNC[C@@H](O)CC(=O)O)c(OCc2cncnc2)n1. The summed E-state index contributed by atoms with van der Waals surface area (Å²) in [5.41, 5.74) is 2.78. The van der Waals surface area contributed by atoms with E-state index >= 15 is 0 Å². The first-order chi connectivity index (χ1) is 25.8. The Morgan fingerprint density at radius 3 is 1.85 bits per heavy atom. The predicted octanol–water partition coefficient (Wildman–Crippen LogP) is 3.01. The fraction of sp³-hybridized carbons (Fsp3) is 0.333. The Balaban J connectivity index is 1.52. The molecule has 17 nitrogen and oxygen atoms in total. The average Bonchev–Trinajstić information content (AvgIpc) is 3.14. The van der Waals surface area contributed by atoms with Crippen LogP contribution >= 0.6 is 0 Å². The van der Waals surface area contributed by atoms with Crippen molar-refractivity contribution in [3.63, 3.8) is 0 Å². The summed E-state index contributed by atoms with van der Waals surface area (Å²) in [6.07, 6.45) is 12.9. The van der Waals surface area contributed by atoms with Crippen LogP contribution in [-0.4, -0.2) is 82.6 Å². The first-order valence-corrected chi connectivity index (χ1v) is 16.7. The molecule has 5 N–H and O–H groups in total. The second-order valence-electron chi connectivity index (χ2n) is 11.4. The molecule has 0 saturated heterocycles. The van der Waals surface area contributed by atoms with E-state index in [1.807, 2.05) is 6.08 Å². The average molecular weight is 731 g/mol. The van der Waals surface area contributed by atoms with Crippen LogP contribution in [0.3, 0.4) is 0 Å². The molecule has 4 rings (SSSR count). The fourth-order valence-electron chi connectivity index (χ4n) is 4.58. The number of carboxylic acid groups (broad SMARTS) is 2. The van der Waals surface area contributed by atoms with Gasteiger partial charge in [-0.1, -0.05) is 24.8 Å². The molecular weight excluding hydrogens is 688 g/mol. The molecule has 4 aromatic heterocycles. The number of hydrogen-bond acceptors (Lipinski definition) is 15. The molecule has 0 saturated carbocycles. The molecule has 0 aliphatic carbocycles. The van der Waals surface area contributed by atoms with E-state index in [1.54, 1.807) is 61.2 Å². The summed E-state index contributed by atoms with van der Waals surface area (Å²) in [4.78, 5) is 47.1. The fourth-order valence-corrected chi connectivity index (χ4v) is 4.58. The van der Waals surface area contributed by atoms with Crippen molar-refractivity contribution in [1.29, 1.82) is 0 Å². The first-order valence-electron chi connectivity index (χ1n) is 16.7. The van der Waals surface area contributed by atoms with Crippen LogP contribution in [0, 0.1) is 0 Å². The van der Waals surface area contributed by atoms with Gasteiger partial charge in [0.15, 0.2) is 0 Å². The van der Waals surface area contributed by atoms with Gasteiger partial charge in [-0.15, -0.1) is 0 Å². The third kappa shape index (κ3) is 15.0. The summed E-state index contributed by atoms with van der Waals surface area (Å²) in [6.45, 7) is 5.09. The van der Waals surface area contributed by atoms with Gasteiger partial charge >= 0.3 is 11.9 Å². The van der Waals surface area contributed by atoms with Crippen molar-refractivity contribution in [2.45, 2.75) is 64.4 Å². The minimum Gasteiger partial charge on any atom is -0.481 e. The number of ether oxygens (including phenoxy) is 4. The summed E-state index contributed by atoms with van der Waals surface area (Å²) >= 11 is 0. The summed E-state index contributed by atoms with van der Waals surface area (Å²) in [6, 6.07) is 6.85. The van der Waals surface area contributed by atoms with Crippen molar-refractivity contribution in [3.8, 4) is 23.5 Å². The van der Waals surface area contributed by atoms with Crippen LogP contribution in [0.1, 0.15) is 47.9 Å². The number of aromatic nitrogens is 6. The molecule has 0 spiro atoms. The quantitative estimate of drug-likeness (QED) is 0.0374. The van der Waals surface area contributed by atoms with Gasteiger partial charge in [0.2, 0.25) is 29.8 Å². The summed E-state index contributed by atoms with van der Waals surface area (Å²) in [7, 11) is 0. The Hall–Kier alpha value is -6.04. The lowest BCUT2D eigenvalue weighted by atomic mass is 10.2. The van der Waals surface area contributed by atoms with Crippen molar-refractivity contribution in [2.75, 3.05) is 13.1 Å². The Kier molecular flexibility index (Phi) is 16.5. The predicted molar refractivity (Wildman–Crippen MR) is 189 cm³/mol. The number of nitrogens with zero attached hydrogens (tertiary/aromatic N) is 6. The highest BCUT2D eigenvalue weighted by molar-refractivity contribution is 5.67. The van der Waals surface area contributed by atoms with E-state index in [1.165, 1.54) is 12.7 Å². The number of pyridine rings is 2. The van der Waals surface area contributed by atoms with Gasteiger partial charge in [0, 0.05) is 91.6 Å². The number of aliphatic hydroxyl groups is 1. The minimum absolute atomic E-state index is 0.0411. The van der Waals surface area contributed by atoms with E-state index in [2.05, 4.69) is 47.1 Å². The Bertz CT molecular complexity index is 1770. The molecule has 2 atom stereocenters. The Labute approximate surface area is 305 Å². The normalized spacial score (nSPS) is 12.2. The molecule has 53 heavy (non-hydrogen) atoms. The maximum atomic E-state index is 10.9. The molecule has 0 aromatic carbocycles. The highest BCUT2D eigenvalue weighted by Crippen LogP contribution is 2.26. The van der Waals surface area contributed by atoms with Crippen LogP contribution in [0.4, 0.5) is 0 Å². The standard InChI is InChI=1S/C36H42N8O9/c1-2-3-4-7-34(52-30-10-8-27(18-37-12-5-6-32(46)47)35(43-30)50-21-25-14-39-23-40-15-25)53-31-11-9-28(19-38-20-29(45)13-33(48)49)36(44-31)51-22-26-16-41-24-42-17-26/h2-4,8-11,14-17,23-24,29,34,37-38,45H,1,5-7,12-13,18-22H2,(H,46,47)(H,48,49)/b4-3-/t29-,34?/m0/s1. The van der Waals surface area contributed by atoms with E-state index in [0.29, 0.717) is 36.5 Å². The molecule has 0 aliphatic rings.